The lowest BCUT2D eigenvalue weighted by Gasteiger charge is -2.08. The molecule has 0 bridgehead atoms. The van der Waals surface area contributed by atoms with Crippen molar-refractivity contribution in [3.63, 3.8) is 0 Å². The van der Waals surface area contributed by atoms with Crippen LogP contribution in [-0.2, 0) is 6.54 Å². The normalized spacial score (nSPS) is 10.3. The lowest BCUT2D eigenvalue weighted by atomic mass is 10.1. The van der Waals surface area contributed by atoms with Crippen LogP contribution in [0.4, 0.5) is 0 Å². The molecule has 2 rings (SSSR count). The first-order chi connectivity index (χ1) is 9.06. The molecule has 0 aliphatic carbocycles. The third-order valence-corrected chi connectivity index (χ3v) is 2.95. The molecule has 0 atom stereocenters. The summed E-state index contributed by atoms with van der Waals surface area (Å²) in [6.45, 7) is 6.43. The maximum absolute atomic E-state index is 11.9. The van der Waals surface area contributed by atoms with Gasteiger partial charge in [0.15, 0.2) is 0 Å². The number of amides is 1. The number of hydrogen-bond donors (Lipinski definition) is 1. The van der Waals surface area contributed by atoms with Gasteiger partial charge in [-0.2, -0.15) is 0 Å². The van der Waals surface area contributed by atoms with E-state index >= 15 is 0 Å². The van der Waals surface area contributed by atoms with Gasteiger partial charge in [0.1, 0.15) is 5.69 Å². The summed E-state index contributed by atoms with van der Waals surface area (Å²) in [5.41, 5.74) is 4.65. The fraction of sp³-hybridized carbons (Fsp3) is 0.267. The molecule has 4 heteroatoms. The molecule has 0 radical (unpaired) electrons. The molecule has 1 N–H and O–H groups in total. The van der Waals surface area contributed by atoms with Crippen LogP contribution in [0.25, 0.3) is 0 Å². The van der Waals surface area contributed by atoms with Crippen molar-refractivity contribution in [2.75, 3.05) is 0 Å². The van der Waals surface area contributed by atoms with Gasteiger partial charge in [-0.05, 0) is 31.9 Å². The molecule has 0 aliphatic heterocycles. The third-order valence-electron chi connectivity index (χ3n) is 2.95. The Morgan fingerprint density at radius 2 is 1.95 bits per heavy atom. The number of nitrogens with one attached hydrogen (secondary N) is 1. The fourth-order valence-corrected chi connectivity index (χ4v) is 1.82. The molecule has 98 valence electrons. The quantitative estimate of drug-likeness (QED) is 0.915. The molecule has 0 unspecified atom stereocenters. The highest BCUT2D eigenvalue weighted by molar-refractivity contribution is 5.91. The zero-order valence-electron chi connectivity index (χ0n) is 11.4. The van der Waals surface area contributed by atoms with Gasteiger partial charge in [0.05, 0.1) is 11.9 Å². The molecule has 2 aromatic rings. The molecule has 0 spiro atoms. The van der Waals surface area contributed by atoms with Crippen LogP contribution in [0, 0.1) is 20.8 Å². The van der Waals surface area contributed by atoms with Gasteiger partial charge in [0.2, 0.25) is 0 Å². The van der Waals surface area contributed by atoms with Crippen molar-refractivity contribution < 1.29 is 4.79 Å². The summed E-state index contributed by atoms with van der Waals surface area (Å²) in [5, 5.41) is 2.85. The molecule has 1 amide bonds. The summed E-state index contributed by atoms with van der Waals surface area (Å²) in [6.07, 6.45) is 3.08. The van der Waals surface area contributed by atoms with Crippen molar-refractivity contribution in [3.8, 4) is 0 Å². The average molecular weight is 255 g/mol. The topological polar surface area (TPSA) is 54.9 Å². The summed E-state index contributed by atoms with van der Waals surface area (Å²) in [6, 6.07) is 6.18. The number of aryl methyl sites for hydroxylation is 3. The number of carbonyl (C=O) groups is 1. The highest BCUT2D eigenvalue weighted by atomic mass is 16.1. The molecule has 0 aliphatic rings. The van der Waals surface area contributed by atoms with E-state index in [9.17, 15) is 4.79 Å². The Balaban J connectivity index is 2.02. The standard InChI is InChI=1S/C15H17N3O/c1-10-4-5-13(11(2)6-10)8-18-15(19)14-9-16-12(3)7-17-14/h4-7,9H,8H2,1-3H3,(H,18,19). The third kappa shape index (κ3) is 3.37. The predicted molar refractivity (Wildman–Crippen MR) is 73.9 cm³/mol. The van der Waals surface area contributed by atoms with E-state index in [0.29, 0.717) is 12.2 Å². The Hall–Kier alpha value is -2.23. The molecular weight excluding hydrogens is 238 g/mol. The minimum atomic E-state index is -0.201. The van der Waals surface area contributed by atoms with Crippen molar-refractivity contribution >= 4 is 5.91 Å². The van der Waals surface area contributed by atoms with Gasteiger partial charge in [-0.25, -0.2) is 4.98 Å². The van der Waals surface area contributed by atoms with E-state index in [0.717, 1.165) is 11.3 Å². The first kappa shape index (κ1) is 13.2. The monoisotopic (exact) mass is 255 g/mol. The number of aromatic nitrogens is 2. The van der Waals surface area contributed by atoms with E-state index in [1.165, 1.54) is 17.3 Å². The van der Waals surface area contributed by atoms with Crippen molar-refractivity contribution in [1.82, 2.24) is 15.3 Å². The Labute approximate surface area is 112 Å². The number of carbonyl (C=O) groups excluding carboxylic acids is 1. The molecule has 4 nitrogen and oxygen atoms in total. The second-order valence-electron chi connectivity index (χ2n) is 4.66. The highest BCUT2D eigenvalue weighted by Crippen LogP contribution is 2.10. The number of benzene rings is 1. The van der Waals surface area contributed by atoms with E-state index in [-0.39, 0.29) is 5.91 Å². The molecule has 1 heterocycles. The van der Waals surface area contributed by atoms with Crippen LogP contribution in [0.15, 0.2) is 30.6 Å². The second kappa shape index (κ2) is 5.61. The Morgan fingerprint density at radius 3 is 2.58 bits per heavy atom. The maximum Gasteiger partial charge on any atom is 0.271 e. The maximum atomic E-state index is 11.9. The van der Waals surface area contributed by atoms with E-state index in [1.54, 1.807) is 6.20 Å². The first-order valence-corrected chi connectivity index (χ1v) is 6.19. The number of hydrogen-bond acceptors (Lipinski definition) is 3. The Bertz CT molecular complexity index is 591. The minimum Gasteiger partial charge on any atom is -0.347 e. The van der Waals surface area contributed by atoms with Crippen molar-refractivity contribution in [2.45, 2.75) is 27.3 Å². The van der Waals surface area contributed by atoms with Gasteiger partial charge in [0, 0.05) is 12.7 Å². The van der Waals surface area contributed by atoms with Gasteiger partial charge in [-0.1, -0.05) is 23.8 Å². The molecule has 0 saturated heterocycles. The summed E-state index contributed by atoms with van der Waals surface area (Å²) in [4.78, 5) is 20.0. The molecule has 1 aromatic heterocycles. The smallest absolute Gasteiger partial charge is 0.271 e. The Morgan fingerprint density at radius 1 is 1.16 bits per heavy atom. The van der Waals surface area contributed by atoms with E-state index < -0.39 is 0 Å². The van der Waals surface area contributed by atoms with Crippen LogP contribution < -0.4 is 5.32 Å². The largest absolute Gasteiger partial charge is 0.347 e. The Kier molecular flexibility index (Phi) is 3.90. The molecule has 0 fully saturated rings. The van der Waals surface area contributed by atoms with Crippen LogP contribution in [0.1, 0.15) is 32.9 Å². The summed E-state index contributed by atoms with van der Waals surface area (Å²) >= 11 is 0. The fourth-order valence-electron chi connectivity index (χ4n) is 1.82. The van der Waals surface area contributed by atoms with Gasteiger partial charge in [-0.3, -0.25) is 9.78 Å². The predicted octanol–water partition coefficient (Wildman–Crippen LogP) is 2.33. The second-order valence-corrected chi connectivity index (χ2v) is 4.66. The summed E-state index contributed by atoms with van der Waals surface area (Å²) < 4.78 is 0. The van der Waals surface area contributed by atoms with Crippen molar-refractivity contribution in [1.29, 1.82) is 0 Å². The lowest BCUT2D eigenvalue weighted by molar-refractivity contribution is 0.0945. The number of nitrogens with zero attached hydrogens (tertiary/aromatic N) is 2. The summed E-state index contributed by atoms with van der Waals surface area (Å²) in [7, 11) is 0. The minimum absolute atomic E-state index is 0.201. The summed E-state index contributed by atoms with van der Waals surface area (Å²) in [5.74, 6) is -0.201. The molecule has 0 saturated carbocycles. The zero-order valence-corrected chi connectivity index (χ0v) is 11.4. The van der Waals surface area contributed by atoms with E-state index in [4.69, 9.17) is 0 Å². The van der Waals surface area contributed by atoms with Crippen LogP contribution >= 0.6 is 0 Å². The molecular formula is C15H17N3O. The SMILES string of the molecule is Cc1ccc(CNC(=O)c2cnc(C)cn2)c(C)c1. The van der Waals surface area contributed by atoms with Crippen LogP contribution in [0.5, 0.6) is 0 Å². The van der Waals surface area contributed by atoms with E-state index in [1.807, 2.05) is 26.0 Å². The van der Waals surface area contributed by atoms with Gasteiger partial charge >= 0.3 is 0 Å². The number of rotatable bonds is 3. The van der Waals surface area contributed by atoms with Crippen LogP contribution in [0.2, 0.25) is 0 Å². The van der Waals surface area contributed by atoms with Crippen LogP contribution in [-0.4, -0.2) is 15.9 Å². The zero-order chi connectivity index (χ0) is 13.8. The highest BCUT2D eigenvalue weighted by Gasteiger charge is 2.07. The van der Waals surface area contributed by atoms with Crippen molar-refractivity contribution in [3.05, 3.63) is 58.7 Å². The lowest BCUT2D eigenvalue weighted by Crippen LogP contribution is -2.24. The van der Waals surface area contributed by atoms with E-state index in [2.05, 4.69) is 28.3 Å². The molecule has 19 heavy (non-hydrogen) atoms. The van der Waals surface area contributed by atoms with Gasteiger partial charge in [0.25, 0.3) is 5.91 Å². The first-order valence-electron chi connectivity index (χ1n) is 6.19. The van der Waals surface area contributed by atoms with Crippen molar-refractivity contribution in [2.24, 2.45) is 0 Å². The van der Waals surface area contributed by atoms with Gasteiger partial charge in [-0.15, -0.1) is 0 Å². The molecule has 1 aromatic carbocycles. The average Bonchev–Trinajstić information content (AvgIpc) is 2.38. The van der Waals surface area contributed by atoms with Crippen LogP contribution in [0.3, 0.4) is 0 Å². The van der Waals surface area contributed by atoms with Gasteiger partial charge < -0.3 is 5.32 Å².